The van der Waals surface area contributed by atoms with Crippen LogP contribution in [0.15, 0.2) is 12.7 Å². The lowest BCUT2D eigenvalue weighted by Crippen LogP contribution is -2.12. The molecule has 0 atom stereocenters. The lowest BCUT2D eigenvalue weighted by atomic mass is 10.2. The molecule has 2 heterocycles. The van der Waals surface area contributed by atoms with Crippen molar-refractivity contribution in [1.29, 1.82) is 0 Å². The molecule has 3 N–H and O–H groups in total. The van der Waals surface area contributed by atoms with Crippen molar-refractivity contribution in [2.75, 3.05) is 17.6 Å². The Morgan fingerprint density at radius 2 is 2.17 bits per heavy atom. The van der Waals surface area contributed by atoms with Crippen LogP contribution in [0, 0.1) is 0 Å². The summed E-state index contributed by atoms with van der Waals surface area (Å²) in [5.74, 6) is 0.982. The van der Waals surface area contributed by atoms with Gasteiger partial charge in [0.15, 0.2) is 0 Å². The maximum atomic E-state index is 5.63. The summed E-state index contributed by atoms with van der Waals surface area (Å²) < 4.78 is 1.44. The fraction of sp³-hybridized carbons (Fsp3) is 0.500. The zero-order valence-electron chi connectivity index (χ0n) is 10.2. The summed E-state index contributed by atoms with van der Waals surface area (Å²) in [6.07, 6.45) is 6.33. The molecule has 0 aliphatic heterocycles. The molecular weight excluding hydrogens is 232 g/mol. The Labute approximate surface area is 105 Å². The topological polar surface area (TPSA) is 107 Å². The van der Waals surface area contributed by atoms with Gasteiger partial charge < -0.3 is 11.1 Å². The number of hydrogen-bond donors (Lipinski definition) is 2. The zero-order valence-corrected chi connectivity index (χ0v) is 10.2. The predicted octanol–water partition coefficient (Wildman–Crippen LogP) is 0.637. The van der Waals surface area contributed by atoms with Gasteiger partial charge >= 0.3 is 0 Å². The van der Waals surface area contributed by atoms with E-state index in [1.165, 1.54) is 30.2 Å². The molecule has 0 aliphatic rings. The van der Waals surface area contributed by atoms with Crippen LogP contribution in [0.25, 0.3) is 5.95 Å². The molecule has 0 spiro atoms. The molecule has 8 nitrogen and oxygen atoms in total. The smallest absolute Gasteiger partial charge is 0.258 e. The van der Waals surface area contributed by atoms with Crippen molar-refractivity contribution in [2.45, 2.75) is 26.2 Å². The Kier molecular flexibility index (Phi) is 4.00. The maximum Gasteiger partial charge on any atom is 0.258 e. The van der Waals surface area contributed by atoms with Gasteiger partial charge in [0.1, 0.15) is 12.7 Å². The quantitative estimate of drug-likeness (QED) is 0.722. The summed E-state index contributed by atoms with van der Waals surface area (Å²) in [4.78, 5) is 16.1. The van der Waals surface area contributed by atoms with Crippen LogP contribution < -0.4 is 11.1 Å². The highest BCUT2D eigenvalue weighted by Gasteiger charge is 2.06. The van der Waals surface area contributed by atoms with Crippen molar-refractivity contribution >= 4 is 11.9 Å². The predicted molar refractivity (Wildman–Crippen MR) is 67.2 cm³/mol. The Bertz CT molecular complexity index is 481. The molecule has 0 radical (unpaired) electrons. The molecular formula is C10H16N8. The van der Waals surface area contributed by atoms with E-state index in [1.807, 2.05) is 0 Å². The fourth-order valence-electron chi connectivity index (χ4n) is 1.45. The summed E-state index contributed by atoms with van der Waals surface area (Å²) in [6.45, 7) is 2.97. The van der Waals surface area contributed by atoms with Crippen LogP contribution >= 0.6 is 0 Å². The van der Waals surface area contributed by atoms with E-state index < -0.39 is 0 Å². The molecule has 0 amide bonds. The Balaban J connectivity index is 2.07. The monoisotopic (exact) mass is 248 g/mol. The molecule has 0 bridgehead atoms. The van der Waals surface area contributed by atoms with E-state index in [-0.39, 0.29) is 5.95 Å². The zero-order chi connectivity index (χ0) is 12.8. The second kappa shape index (κ2) is 5.89. The summed E-state index contributed by atoms with van der Waals surface area (Å²) in [6, 6.07) is 0. The maximum absolute atomic E-state index is 5.63. The Hall–Kier alpha value is -2.25. The first kappa shape index (κ1) is 12.2. The van der Waals surface area contributed by atoms with Crippen molar-refractivity contribution < 1.29 is 0 Å². The molecule has 0 fully saturated rings. The fourth-order valence-corrected chi connectivity index (χ4v) is 1.45. The first-order chi connectivity index (χ1) is 8.79. The number of rotatable bonds is 6. The van der Waals surface area contributed by atoms with Gasteiger partial charge in [-0.05, 0) is 6.42 Å². The Morgan fingerprint density at radius 3 is 2.89 bits per heavy atom. The number of nitrogen functional groups attached to an aromatic ring is 1. The number of hydrogen-bond acceptors (Lipinski definition) is 7. The molecule has 2 rings (SSSR count). The van der Waals surface area contributed by atoms with Gasteiger partial charge in [-0.15, -0.1) is 0 Å². The van der Waals surface area contributed by atoms with Crippen LogP contribution in [-0.2, 0) is 0 Å². The molecule has 0 unspecified atom stereocenters. The summed E-state index contributed by atoms with van der Waals surface area (Å²) in [7, 11) is 0. The van der Waals surface area contributed by atoms with Crippen LogP contribution in [0.2, 0.25) is 0 Å². The van der Waals surface area contributed by atoms with E-state index in [0.717, 1.165) is 13.0 Å². The van der Waals surface area contributed by atoms with Crippen molar-refractivity contribution in [3.63, 3.8) is 0 Å². The van der Waals surface area contributed by atoms with Crippen LogP contribution in [-0.4, -0.2) is 36.3 Å². The van der Waals surface area contributed by atoms with E-state index in [4.69, 9.17) is 5.73 Å². The second-order valence-corrected chi connectivity index (χ2v) is 3.79. The molecule has 2 aromatic rings. The molecule has 0 saturated carbocycles. The largest absolute Gasteiger partial charge is 0.368 e. The number of nitrogens with one attached hydrogen (secondary N) is 1. The van der Waals surface area contributed by atoms with E-state index in [1.54, 1.807) is 0 Å². The van der Waals surface area contributed by atoms with Gasteiger partial charge in [0, 0.05) is 6.54 Å². The normalized spacial score (nSPS) is 10.5. The molecule has 8 heteroatoms. The first-order valence-electron chi connectivity index (χ1n) is 5.90. The summed E-state index contributed by atoms with van der Waals surface area (Å²) in [5.41, 5.74) is 5.63. The minimum Gasteiger partial charge on any atom is -0.368 e. The molecule has 0 aliphatic carbocycles. The van der Waals surface area contributed by atoms with E-state index in [2.05, 4.69) is 37.3 Å². The highest BCUT2D eigenvalue weighted by atomic mass is 15.4. The third-order valence-corrected chi connectivity index (χ3v) is 2.33. The number of unbranched alkanes of at least 4 members (excludes halogenated alkanes) is 2. The lowest BCUT2D eigenvalue weighted by Gasteiger charge is -2.06. The van der Waals surface area contributed by atoms with Gasteiger partial charge in [-0.1, -0.05) is 19.8 Å². The van der Waals surface area contributed by atoms with Crippen molar-refractivity contribution in [2.24, 2.45) is 0 Å². The van der Waals surface area contributed by atoms with Crippen molar-refractivity contribution in [3.8, 4) is 5.95 Å². The highest BCUT2D eigenvalue weighted by Crippen LogP contribution is 2.06. The Morgan fingerprint density at radius 1 is 1.28 bits per heavy atom. The van der Waals surface area contributed by atoms with Crippen molar-refractivity contribution in [1.82, 2.24) is 29.7 Å². The van der Waals surface area contributed by atoms with Gasteiger partial charge in [0.25, 0.3) is 5.95 Å². The number of aromatic nitrogens is 6. The lowest BCUT2D eigenvalue weighted by molar-refractivity contribution is 0.737. The van der Waals surface area contributed by atoms with E-state index in [0.29, 0.717) is 11.9 Å². The van der Waals surface area contributed by atoms with E-state index in [9.17, 15) is 0 Å². The molecule has 0 saturated heterocycles. The summed E-state index contributed by atoms with van der Waals surface area (Å²) >= 11 is 0. The molecule has 18 heavy (non-hydrogen) atoms. The van der Waals surface area contributed by atoms with Gasteiger partial charge in [-0.2, -0.15) is 24.7 Å². The molecule has 2 aromatic heterocycles. The molecule has 96 valence electrons. The minimum absolute atomic E-state index is 0.161. The number of nitrogens with two attached hydrogens (primary N) is 1. The van der Waals surface area contributed by atoms with Gasteiger partial charge in [-0.25, -0.2) is 4.98 Å². The van der Waals surface area contributed by atoms with Crippen LogP contribution in [0.5, 0.6) is 0 Å². The average molecular weight is 248 g/mol. The van der Waals surface area contributed by atoms with Gasteiger partial charge in [-0.3, -0.25) is 0 Å². The van der Waals surface area contributed by atoms with Crippen LogP contribution in [0.1, 0.15) is 26.2 Å². The SMILES string of the molecule is CCCCCNc1nc(N)nc(-n2cncn2)n1. The summed E-state index contributed by atoms with van der Waals surface area (Å²) in [5, 5.41) is 7.07. The van der Waals surface area contributed by atoms with Crippen LogP contribution in [0.4, 0.5) is 11.9 Å². The average Bonchev–Trinajstić information content (AvgIpc) is 2.88. The van der Waals surface area contributed by atoms with Crippen molar-refractivity contribution in [3.05, 3.63) is 12.7 Å². The van der Waals surface area contributed by atoms with E-state index >= 15 is 0 Å². The third-order valence-electron chi connectivity index (χ3n) is 2.33. The first-order valence-corrected chi connectivity index (χ1v) is 5.90. The highest BCUT2D eigenvalue weighted by molar-refractivity contribution is 5.34. The standard InChI is InChI=1S/C10H16N8/c1-2-3-4-5-13-9-15-8(11)16-10(17-9)18-7-12-6-14-18/h6-7H,2-5H2,1H3,(H3,11,13,15,16,17). The number of nitrogens with zero attached hydrogens (tertiary/aromatic N) is 6. The third kappa shape index (κ3) is 3.12. The second-order valence-electron chi connectivity index (χ2n) is 3.79. The minimum atomic E-state index is 0.161. The molecule has 0 aromatic carbocycles. The van der Waals surface area contributed by atoms with Gasteiger partial charge in [0.2, 0.25) is 11.9 Å². The number of anilines is 2. The van der Waals surface area contributed by atoms with Crippen LogP contribution in [0.3, 0.4) is 0 Å². The van der Waals surface area contributed by atoms with Gasteiger partial charge in [0.05, 0.1) is 0 Å².